The SMILES string of the molecule is C[C@H](N[C@@H]1C(=O)Nc2ccccc2S[C@@H]1c1ccccc1)C(=O)NC(=O)Cc1ccccc1. The number of thioether (sulfide) groups is 1. The van der Waals surface area contributed by atoms with E-state index in [1.54, 1.807) is 18.7 Å². The Morgan fingerprint density at radius 2 is 1.58 bits per heavy atom. The molecule has 0 aromatic heterocycles. The minimum absolute atomic E-state index is 0.112. The van der Waals surface area contributed by atoms with Crippen LogP contribution in [0, 0.1) is 0 Å². The lowest BCUT2D eigenvalue weighted by Crippen LogP contribution is -2.53. The molecule has 0 fully saturated rings. The van der Waals surface area contributed by atoms with E-state index in [4.69, 9.17) is 0 Å². The molecule has 0 saturated heterocycles. The molecule has 0 radical (unpaired) electrons. The fraction of sp³-hybridized carbons (Fsp3) is 0.192. The summed E-state index contributed by atoms with van der Waals surface area (Å²) in [5.41, 5.74) is 2.54. The summed E-state index contributed by atoms with van der Waals surface area (Å²) in [5.74, 6) is -1.08. The summed E-state index contributed by atoms with van der Waals surface area (Å²) >= 11 is 1.57. The van der Waals surface area contributed by atoms with Crippen LogP contribution < -0.4 is 16.0 Å². The number of hydrogen-bond donors (Lipinski definition) is 3. The molecular formula is C26H25N3O3S. The predicted molar refractivity (Wildman–Crippen MR) is 130 cm³/mol. The van der Waals surface area contributed by atoms with Gasteiger partial charge in [0.15, 0.2) is 0 Å². The highest BCUT2D eigenvalue weighted by Crippen LogP contribution is 2.43. The van der Waals surface area contributed by atoms with Crippen molar-refractivity contribution < 1.29 is 14.4 Å². The topological polar surface area (TPSA) is 87.3 Å². The van der Waals surface area contributed by atoms with Gasteiger partial charge in [-0.2, -0.15) is 0 Å². The normalized spacial score (nSPS) is 18.4. The maximum Gasteiger partial charge on any atom is 0.243 e. The fourth-order valence-corrected chi connectivity index (χ4v) is 5.02. The summed E-state index contributed by atoms with van der Waals surface area (Å²) in [6, 6.07) is 25.2. The Labute approximate surface area is 197 Å². The highest BCUT2D eigenvalue weighted by Gasteiger charge is 2.36. The molecule has 0 unspecified atom stereocenters. The van der Waals surface area contributed by atoms with E-state index in [-0.39, 0.29) is 23.5 Å². The number of nitrogens with one attached hydrogen (secondary N) is 3. The average Bonchev–Trinajstić information content (AvgIpc) is 2.96. The summed E-state index contributed by atoms with van der Waals surface area (Å²) < 4.78 is 0. The van der Waals surface area contributed by atoms with Crippen LogP contribution in [0.25, 0.3) is 0 Å². The number of carbonyl (C=O) groups excluding carboxylic acids is 3. The number of carbonyl (C=O) groups is 3. The van der Waals surface area contributed by atoms with E-state index >= 15 is 0 Å². The second kappa shape index (κ2) is 10.5. The molecule has 3 atom stereocenters. The Morgan fingerprint density at radius 1 is 0.939 bits per heavy atom. The molecule has 1 heterocycles. The molecule has 3 aromatic rings. The smallest absolute Gasteiger partial charge is 0.243 e. The van der Waals surface area contributed by atoms with Crippen molar-refractivity contribution in [3.8, 4) is 0 Å². The third-order valence-electron chi connectivity index (χ3n) is 5.41. The third kappa shape index (κ3) is 5.69. The van der Waals surface area contributed by atoms with E-state index < -0.39 is 18.0 Å². The molecule has 168 valence electrons. The summed E-state index contributed by atoms with van der Waals surface area (Å²) in [7, 11) is 0. The van der Waals surface area contributed by atoms with E-state index in [1.165, 1.54) is 0 Å². The molecule has 3 N–H and O–H groups in total. The highest BCUT2D eigenvalue weighted by atomic mass is 32.2. The van der Waals surface area contributed by atoms with Crippen molar-refractivity contribution in [3.63, 3.8) is 0 Å². The van der Waals surface area contributed by atoms with Crippen LogP contribution in [0.1, 0.15) is 23.3 Å². The number of rotatable bonds is 6. The first kappa shape index (κ1) is 22.8. The number of anilines is 1. The fourth-order valence-electron chi connectivity index (χ4n) is 3.71. The second-order valence-corrected chi connectivity index (χ2v) is 9.06. The van der Waals surface area contributed by atoms with Crippen LogP contribution in [0.4, 0.5) is 5.69 Å². The Bertz CT molecular complexity index is 1140. The van der Waals surface area contributed by atoms with Crippen LogP contribution in [0.2, 0.25) is 0 Å². The van der Waals surface area contributed by atoms with Crippen molar-refractivity contribution in [1.82, 2.24) is 10.6 Å². The standard InChI is InChI=1S/C26H25N3O3S/c1-17(25(31)29-22(30)16-18-10-4-2-5-11-18)27-23-24(19-12-6-3-7-13-19)33-21-15-9-8-14-20(21)28-26(23)32/h2-15,17,23-24,27H,16H2,1H3,(H,28,32)(H,29,30,31)/t17-,23-,24+/m0/s1. The van der Waals surface area contributed by atoms with E-state index in [0.717, 1.165) is 21.7 Å². The first-order chi connectivity index (χ1) is 16.0. The number of hydrogen-bond acceptors (Lipinski definition) is 5. The maximum absolute atomic E-state index is 13.2. The zero-order chi connectivity index (χ0) is 23.2. The van der Waals surface area contributed by atoms with Gasteiger partial charge in [0.25, 0.3) is 0 Å². The van der Waals surface area contributed by atoms with Crippen LogP contribution in [0.5, 0.6) is 0 Å². The van der Waals surface area contributed by atoms with Gasteiger partial charge in [-0.1, -0.05) is 72.8 Å². The van der Waals surface area contributed by atoms with Gasteiger partial charge in [0.05, 0.1) is 23.4 Å². The molecule has 7 heteroatoms. The molecule has 3 aromatic carbocycles. The molecule has 33 heavy (non-hydrogen) atoms. The van der Waals surface area contributed by atoms with Crippen LogP contribution in [-0.4, -0.2) is 29.8 Å². The van der Waals surface area contributed by atoms with Gasteiger partial charge in [0, 0.05) is 4.90 Å². The van der Waals surface area contributed by atoms with Gasteiger partial charge in [0.2, 0.25) is 17.7 Å². The molecule has 6 nitrogen and oxygen atoms in total. The Morgan fingerprint density at radius 3 is 2.30 bits per heavy atom. The molecule has 0 bridgehead atoms. The minimum atomic E-state index is -0.756. The second-order valence-electron chi connectivity index (χ2n) is 7.88. The van der Waals surface area contributed by atoms with Crippen molar-refractivity contribution in [2.24, 2.45) is 0 Å². The zero-order valence-corrected chi connectivity index (χ0v) is 19.0. The van der Waals surface area contributed by atoms with Gasteiger partial charge >= 0.3 is 0 Å². The highest BCUT2D eigenvalue weighted by molar-refractivity contribution is 7.99. The lowest BCUT2D eigenvalue weighted by atomic mass is 10.0. The van der Waals surface area contributed by atoms with Gasteiger partial charge in [-0.25, -0.2) is 0 Å². The van der Waals surface area contributed by atoms with E-state index in [2.05, 4.69) is 16.0 Å². The van der Waals surface area contributed by atoms with Crippen LogP contribution in [0.3, 0.4) is 0 Å². The van der Waals surface area contributed by atoms with Gasteiger partial charge in [-0.3, -0.25) is 25.0 Å². The largest absolute Gasteiger partial charge is 0.324 e. The Balaban J connectivity index is 1.50. The average molecular weight is 460 g/mol. The quantitative estimate of drug-likeness (QED) is 0.523. The van der Waals surface area contributed by atoms with E-state index in [9.17, 15) is 14.4 Å². The van der Waals surface area contributed by atoms with E-state index in [1.807, 2.05) is 84.9 Å². The first-order valence-electron chi connectivity index (χ1n) is 10.8. The number of imide groups is 1. The number of para-hydroxylation sites is 1. The predicted octanol–water partition coefficient (Wildman–Crippen LogP) is 3.70. The molecule has 1 aliphatic rings. The Hall–Kier alpha value is -3.42. The van der Waals surface area contributed by atoms with Gasteiger partial charge in [0.1, 0.15) is 6.04 Å². The number of amides is 3. The minimum Gasteiger partial charge on any atom is -0.324 e. The van der Waals surface area contributed by atoms with Crippen LogP contribution in [0.15, 0.2) is 89.8 Å². The van der Waals surface area contributed by atoms with Crippen molar-refractivity contribution in [2.45, 2.75) is 35.6 Å². The number of benzene rings is 3. The molecule has 4 rings (SSSR count). The van der Waals surface area contributed by atoms with Crippen LogP contribution in [-0.2, 0) is 20.8 Å². The monoisotopic (exact) mass is 459 g/mol. The van der Waals surface area contributed by atoms with Crippen molar-refractivity contribution in [2.75, 3.05) is 5.32 Å². The first-order valence-corrected chi connectivity index (χ1v) is 11.6. The van der Waals surface area contributed by atoms with Crippen LogP contribution >= 0.6 is 11.8 Å². The van der Waals surface area contributed by atoms with Crippen molar-refractivity contribution >= 4 is 35.2 Å². The molecule has 3 amide bonds. The molecule has 0 aliphatic carbocycles. The van der Waals surface area contributed by atoms with Crippen molar-refractivity contribution in [1.29, 1.82) is 0 Å². The maximum atomic E-state index is 13.2. The molecule has 1 aliphatic heterocycles. The summed E-state index contributed by atoms with van der Waals surface area (Å²) in [6.07, 6.45) is 0.112. The summed E-state index contributed by atoms with van der Waals surface area (Å²) in [5, 5.41) is 8.31. The number of fused-ring (bicyclic) bond motifs is 1. The van der Waals surface area contributed by atoms with Crippen molar-refractivity contribution in [3.05, 3.63) is 96.1 Å². The van der Waals surface area contributed by atoms with Gasteiger partial charge in [-0.15, -0.1) is 11.8 Å². The molecule has 0 saturated carbocycles. The van der Waals surface area contributed by atoms with Gasteiger partial charge in [-0.05, 0) is 30.2 Å². The molecular weight excluding hydrogens is 434 g/mol. The lowest BCUT2D eigenvalue weighted by Gasteiger charge is -2.27. The summed E-state index contributed by atoms with van der Waals surface area (Å²) in [6.45, 7) is 1.66. The summed E-state index contributed by atoms with van der Waals surface area (Å²) in [4.78, 5) is 39.2. The molecule has 0 spiro atoms. The lowest BCUT2D eigenvalue weighted by molar-refractivity contribution is -0.131. The zero-order valence-electron chi connectivity index (χ0n) is 18.2. The van der Waals surface area contributed by atoms with Gasteiger partial charge < -0.3 is 5.32 Å². The third-order valence-corrected chi connectivity index (χ3v) is 6.81. The van der Waals surface area contributed by atoms with E-state index in [0.29, 0.717) is 0 Å². The Kier molecular flexibility index (Phi) is 7.22.